The molecular formula is C20H33N3O. The fourth-order valence-electron chi connectivity index (χ4n) is 3.68. The number of ether oxygens (including phenoxy) is 1. The molecule has 1 aromatic rings. The minimum absolute atomic E-state index is 0.504. The molecule has 1 atom stereocenters. The van der Waals surface area contributed by atoms with Crippen LogP contribution in [0.15, 0.2) is 24.3 Å². The van der Waals surface area contributed by atoms with Crippen molar-refractivity contribution < 1.29 is 4.74 Å². The fourth-order valence-corrected chi connectivity index (χ4v) is 3.68. The standard InChI is InChI=1S/C20H33N3O/c1-17(2)16-24-19-7-5-18(6-8-19)20(15-22-11-3-4-12-22)23-13-9-21-10-14-23/h5-8,17,20-21H,3-4,9-16H2,1-2H3. The predicted molar refractivity (Wildman–Crippen MR) is 99.6 cm³/mol. The van der Waals surface area contributed by atoms with Gasteiger partial charge in [-0.05, 0) is 49.5 Å². The first kappa shape index (κ1) is 17.7. The third-order valence-corrected chi connectivity index (χ3v) is 5.07. The molecule has 0 saturated carbocycles. The first-order chi connectivity index (χ1) is 11.7. The summed E-state index contributed by atoms with van der Waals surface area (Å²) in [6, 6.07) is 9.36. The number of rotatable bonds is 7. The minimum Gasteiger partial charge on any atom is -0.493 e. The SMILES string of the molecule is CC(C)COc1ccc(C(CN2CCCC2)N2CCNCC2)cc1. The average Bonchev–Trinajstić information content (AvgIpc) is 3.12. The quantitative estimate of drug-likeness (QED) is 0.831. The van der Waals surface area contributed by atoms with E-state index in [-0.39, 0.29) is 0 Å². The molecule has 2 saturated heterocycles. The summed E-state index contributed by atoms with van der Waals surface area (Å²) in [5.74, 6) is 1.56. The summed E-state index contributed by atoms with van der Waals surface area (Å²) >= 11 is 0. The Kier molecular flexibility index (Phi) is 6.52. The van der Waals surface area contributed by atoms with Crippen molar-refractivity contribution >= 4 is 0 Å². The lowest BCUT2D eigenvalue weighted by molar-refractivity contribution is 0.135. The van der Waals surface area contributed by atoms with Crippen molar-refractivity contribution in [2.24, 2.45) is 5.92 Å². The molecule has 0 amide bonds. The lowest BCUT2D eigenvalue weighted by atomic mass is 10.0. The van der Waals surface area contributed by atoms with E-state index in [1.165, 1.54) is 31.5 Å². The Hall–Kier alpha value is -1.10. The van der Waals surface area contributed by atoms with E-state index < -0.39 is 0 Å². The van der Waals surface area contributed by atoms with Crippen molar-refractivity contribution in [3.05, 3.63) is 29.8 Å². The maximum Gasteiger partial charge on any atom is 0.119 e. The normalized spacial score (nSPS) is 21.3. The van der Waals surface area contributed by atoms with Crippen LogP contribution in [-0.4, -0.2) is 62.2 Å². The highest BCUT2D eigenvalue weighted by molar-refractivity contribution is 5.29. The zero-order valence-corrected chi connectivity index (χ0v) is 15.3. The number of piperazine rings is 1. The first-order valence-electron chi connectivity index (χ1n) is 9.62. The highest BCUT2D eigenvalue weighted by atomic mass is 16.5. The van der Waals surface area contributed by atoms with Gasteiger partial charge in [0.1, 0.15) is 5.75 Å². The van der Waals surface area contributed by atoms with Crippen LogP contribution in [0.5, 0.6) is 5.75 Å². The van der Waals surface area contributed by atoms with Crippen molar-refractivity contribution in [1.82, 2.24) is 15.1 Å². The van der Waals surface area contributed by atoms with Crippen LogP contribution in [0.3, 0.4) is 0 Å². The summed E-state index contributed by atoms with van der Waals surface area (Å²) in [6.45, 7) is 13.3. The largest absolute Gasteiger partial charge is 0.493 e. The van der Waals surface area contributed by atoms with Crippen molar-refractivity contribution in [3.8, 4) is 5.75 Å². The third kappa shape index (κ3) is 4.95. The Bertz CT molecular complexity index is 476. The van der Waals surface area contributed by atoms with Crippen molar-refractivity contribution in [1.29, 1.82) is 0 Å². The number of likely N-dealkylation sites (tertiary alicyclic amines) is 1. The Morgan fingerprint density at radius 2 is 1.67 bits per heavy atom. The van der Waals surface area contributed by atoms with Gasteiger partial charge < -0.3 is 15.0 Å². The van der Waals surface area contributed by atoms with E-state index in [0.29, 0.717) is 12.0 Å². The zero-order valence-electron chi connectivity index (χ0n) is 15.3. The second-order valence-corrected chi connectivity index (χ2v) is 7.58. The Morgan fingerprint density at radius 1 is 1.00 bits per heavy atom. The lowest BCUT2D eigenvalue weighted by Crippen LogP contribution is -2.47. The number of nitrogens with zero attached hydrogens (tertiary/aromatic N) is 2. The van der Waals surface area contributed by atoms with Gasteiger partial charge in [0.15, 0.2) is 0 Å². The van der Waals surface area contributed by atoms with Gasteiger partial charge >= 0.3 is 0 Å². The summed E-state index contributed by atoms with van der Waals surface area (Å²) in [5.41, 5.74) is 1.43. The molecule has 134 valence electrons. The summed E-state index contributed by atoms with van der Waals surface area (Å²) in [4.78, 5) is 5.29. The van der Waals surface area contributed by atoms with E-state index in [1.54, 1.807) is 0 Å². The Labute approximate surface area is 147 Å². The van der Waals surface area contributed by atoms with Crippen LogP contribution < -0.4 is 10.1 Å². The minimum atomic E-state index is 0.504. The molecule has 3 rings (SSSR count). The Morgan fingerprint density at radius 3 is 2.29 bits per heavy atom. The molecule has 1 aromatic carbocycles. The van der Waals surface area contributed by atoms with Crippen LogP contribution in [0.4, 0.5) is 0 Å². The first-order valence-corrected chi connectivity index (χ1v) is 9.62. The van der Waals surface area contributed by atoms with Crippen molar-refractivity contribution in [3.63, 3.8) is 0 Å². The van der Waals surface area contributed by atoms with Gasteiger partial charge in [-0.3, -0.25) is 4.90 Å². The lowest BCUT2D eigenvalue weighted by Gasteiger charge is -2.37. The van der Waals surface area contributed by atoms with Crippen LogP contribution in [0.2, 0.25) is 0 Å². The van der Waals surface area contributed by atoms with Gasteiger partial charge in [0.25, 0.3) is 0 Å². The van der Waals surface area contributed by atoms with E-state index in [0.717, 1.165) is 45.1 Å². The molecule has 24 heavy (non-hydrogen) atoms. The van der Waals surface area contributed by atoms with Crippen LogP contribution in [0, 0.1) is 5.92 Å². The molecule has 2 aliphatic heterocycles. The smallest absolute Gasteiger partial charge is 0.119 e. The van der Waals surface area contributed by atoms with Gasteiger partial charge in [0, 0.05) is 38.8 Å². The topological polar surface area (TPSA) is 27.7 Å². The number of nitrogens with one attached hydrogen (secondary N) is 1. The summed E-state index contributed by atoms with van der Waals surface area (Å²) in [7, 11) is 0. The van der Waals surface area contributed by atoms with E-state index >= 15 is 0 Å². The third-order valence-electron chi connectivity index (χ3n) is 5.07. The predicted octanol–water partition coefficient (Wildman–Crippen LogP) is 2.76. The fraction of sp³-hybridized carbons (Fsp3) is 0.700. The number of hydrogen-bond acceptors (Lipinski definition) is 4. The molecule has 2 heterocycles. The Balaban J connectivity index is 1.68. The van der Waals surface area contributed by atoms with Gasteiger partial charge in [0.2, 0.25) is 0 Å². The second kappa shape index (κ2) is 8.84. The number of benzene rings is 1. The molecule has 1 unspecified atom stereocenters. The van der Waals surface area contributed by atoms with E-state index in [2.05, 4.69) is 53.2 Å². The summed E-state index contributed by atoms with van der Waals surface area (Å²) in [5, 5.41) is 3.48. The van der Waals surface area contributed by atoms with Crippen LogP contribution in [0.1, 0.15) is 38.3 Å². The average molecular weight is 332 g/mol. The van der Waals surface area contributed by atoms with E-state index in [4.69, 9.17) is 4.74 Å². The molecule has 4 heteroatoms. The van der Waals surface area contributed by atoms with Gasteiger partial charge in [-0.2, -0.15) is 0 Å². The highest BCUT2D eigenvalue weighted by Gasteiger charge is 2.25. The van der Waals surface area contributed by atoms with Crippen LogP contribution in [-0.2, 0) is 0 Å². The van der Waals surface area contributed by atoms with Gasteiger partial charge in [-0.15, -0.1) is 0 Å². The van der Waals surface area contributed by atoms with Gasteiger partial charge in [0.05, 0.1) is 6.61 Å². The molecule has 0 aliphatic carbocycles. The van der Waals surface area contributed by atoms with E-state index in [1.807, 2.05) is 0 Å². The van der Waals surface area contributed by atoms with E-state index in [9.17, 15) is 0 Å². The molecule has 0 aromatic heterocycles. The zero-order chi connectivity index (χ0) is 16.8. The molecule has 2 fully saturated rings. The molecule has 1 N–H and O–H groups in total. The molecule has 0 radical (unpaired) electrons. The highest BCUT2D eigenvalue weighted by Crippen LogP contribution is 2.26. The van der Waals surface area contributed by atoms with Gasteiger partial charge in [-0.1, -0.05) is 26.0 Å². The summed E-state index contributed by atoms with van der Waals surface area (Å²) in [6.07, 6.45) is 2.71. The van der Waals surface area contributed by atoms with Crippen molar-refractivity contribution in [2.75, 3.05) is 52.4 Å². The second-order valence-electron chi connectivity index (χ2n) is 7.58. The van der Waals surface area contributed by atoms with Crippen LogP contribution in [0.25, 0.3) is 0 Å². The monoisotopic (exact) mass is 331 g/mol. The molecule has 2 aliphatic rings. The maximum atomic E-state index is 5.85. The molecule has 0 bridgehead atoms. The van der Waals surface area contributed by atoms with Crippen LogP contribution >= 0.6 is 0 Å². The maximum absolute atomic E-state index is 5.85. The molecule has 0 spiro atoms. The molecule has 4 nitrogen and oxygen atoms in total. The van der Waals surface area contributed by atoms with Gasteiger partial charge in [-0.25, -0.2) is 0 Å². The molecular weight excluding hydrogens is 298 g/mol. The number of hydrogen-bond donors (Lipinski definition) is 1. The van der Waals surface area contributed by atoms with Crippen molar-refractivity contribution in [2.45, 2.75) is 32.7 Å². The summed E-state index contributed by atoms with van der Waals surface area (Å²) < 4.78 is 5.85.